The van der Waals surface area contributed by atoms with E-state index < -0.39 is 0 Å². The van der Waals surface area contributed by atoms with E-state index in [9.17, 15) is 0 Å². The van der Waals surface area contributed by atoms with Crippen LogP contribution in [0.1, 0.15) is 29.8 Å². The van der Waals surface area contributed by atoms with Gasteiger partial charge in [0.1, 0.15) is 5.75 Å². The first kappa shape index (κ1) is 13.6. The zero-order valence-corrected chi connectivity index (χ0v) is 11.7. The van der Waals surface area contributed by atoms with Crippen LogP contribution in [0.25, 0.3) is 0 Å². The normalized spacial score (nSPS) is 12.2. The van der Waals surface area contributed by atoms with E-state index in [1.165, 1.54) is 11.1 Å². The highest BCUT2D eigenvalue weighted by Gasteiger charge is 2.14. The highest BCUT2D eigenvalue weighted by molar-refractivity contribution is 5.36. The van der Waals surface area contributed by atoms with Gasteiger partial charge in [0.15, 0.2) is 0 Å². The molecule has 0 fully saturated rings. The third-order valence-electron chi connectivity index (χ3n) is 3.17. The van der Waals surface area contributed by atoms with Crippen LogP contribution in [0.15, 0.2) is 42.6 Å². The van der Waals surface area contributed by atoms with Crippen LogP contribution < -0.4 is 10.1 Å². The summed E-state index contributed by atoms with van der Waals surface area (Å²) in [5, 5.41) is 3.35. The number of pyridine rings is 1. The molecule has 0 spiro atoms. The fourth-order valence-corrected chi connectivity index (χ4v) is 2.23. The average Bonchev–Trinajstić information content (AvgIpc) is 2.44. The van der Waals surface area contributed by atoms with Gasteiger partial charge < -0.3 is 10.1 Å². The molecule has 1 aromatic carbocycles. The Morgan fingerprint density at radius 2 is 1.95 bits per heavy atom. The van der Waals surface area contributed by atoms with Gasteiger partial charge in [-0.25, -0.2) is 0 Å². The molecule has 0 aliphatic carbocycles. The second-order valence-corrected chi connectivity index (χ2v) is 4.40. The molecule has 1 aromatic heterocycles. The molecular weight excluding hydrogens is 236 g/mol. The number of hydrogen-bond donors (Lipinski definition) is 1. The maximum atomic E-state index is 5.47. The molecule has 3 nitrogen and oxygen atoms in total. The first-order valence-corrected chi connectivity index (χ1v) is 6.57. The number of ether oxygens (including phenoxy) is 1. The number of hydrogen-bond acceptors (Lipinski definition) is 3. The van der Waals surface area contributed by atoms with Crippen molar-refractivity contribution < 1.29 is 4.74 Å². The summed E-state index contributed by atoms with van der Waals surface area (Å²) in [6, 6.07) is 12.5. The number of aryl methyl sites for hydroxylation is 1. The van der Waals surface area contributed by atoms with Crippen molar-refractivity contribution in [2.24, 2.45) is 0 Å². The summed E-state index contributed by atoms with van der Waals surface area (Å²) in [6.07, 6.45) is 1.82. The molecule has 0 amide bonds. The minimum atomic E-state index is 0.157. The van der Waals surface area contributed by atoms with Crippen molar-refractivity contribution in [3.05, 3.63) is 59.4 Å². The lowest BCUT2D eigenvalue weighted by Crippen LogP contribution is -2.19. The van der Waals surface area contributed by atoms with E-state index in [0.717, 1.165) is 11.4 Å². The first-order valence-electron chi connectivity index (χ1n) is 6.57. The van der Waals surface area contributed by atoms with Gasteiger partial charge in [-0.2, -0.15) is 0 Å². The molecule has 0 aliphatic heterocycles. The van der Waals surface area contributed by atoms with Gasteiger partial charge in [-0.15, -0.1) is 0 Å². The smallest absolute Gasteiger partial charge is 0.119 e. The van der Waals surface area contributed by atoms with E-state index >= 15 is 0 Å². The molecule has 0 radical (unpaired) electrons. The number of nitrogens with zero attached hydrogens (tertiary/aromatic N) is 1. The molecule has 2 aromatic rings. The lowest BCUT2D eigenvalue weighted by molar-refractivity contribution is 0.340. The van der Waals surface area contributed by atoms with Crippen molar-refractivity contribution in [2.75, 3.05) is 13.7 Å². The van der Waals surface area contributed by atoms with Crippen molar-refractivity contribution in [1.82, 2.24) is 10.3 Å². The fraction of sp³-hybridized carbons (Fsp3) is 0.312. The Labute approximate surface area is 114 Å². The van der Waals surface area contributed by atoms with Crippen LogP contribution in [-0.4, -0.2) is 18.6 Å². The molecule has 0 saturated heterocycles. The number of aromatic nitrogens is 1. The van der Waals surface area contributed by atoms with Gasteiger partial charge in [-0.05, 0) is 50.2 Å². The minimum absolute atomic E-state index is 0.157. The number of rotatable bonds is 5. The van der Waals surface area contributed by atoms with Gasteiger partial charge in [0.05, 0.1) is 12.6 Å². The molecule has 19 heavy (non-hydrogen) atoms. The SMILES string of the molecule is CCOc1ccc(C(NC)c2cccnc2C)cc1. The Morgan fingerprint density at radius 1 is 1.21 bits per heavy atom. The molecule has 0 bridgehead atoms. The number of benzene rings is 1. The Hall–Kier alpha value is -1.87. The summed E-state index contributed by atoms with van der Waals surface area (Å²) >= 11 is 0. The molecule has 100 valence electrons. The summed E-state index contributed by atoms with van der Waals surface area (Å²) in [6.45, 7) is 4.72. The van der Waals surface area contributed by atoms with Crippen LogP contribution in [0.2, 0.25) is 0 Å². The van der Waals surface area contributed by atoms with Gasteiger partial charge in [-0.3, -0.25) is 4.98 Å². The molecule has 1 atom stereocenters. The van der Waals surface area contributed by atoms with Gasteiger partial charge in [0.25, 0.3) is 0 Å². The maximum absolute atomic E-state index is 5.47. The summed E-state index contributed by atoms with van der Waals surface area (Å²) in [5.74, 6) is 0.906. The van der Waals surface area contributed by atoms with Gasteiger partial charge in [0, 0.05) is 11.9 Å². The molecule has 0 aliphatic rings. The summed E-state index contributed by atoms with van der Waals surface area (Å²) < 4.78 is 5.47. The number of nitrogens with one attached hydrogen (secondary N) is 1. The van der Waals surface area contributed by atoms with Crippen molar-refractivity contribution in [1.29, 1.82) is 0 Å². The topological polar surface area (TPSA) is 34.1 Å². The summed E-state index contributed by atoms with van der Waals surface area (Å²) in [7, 11) is 1.97. The van der Waals surface area contributed by atoms with Crippen LogP contribution >= 0.6 is 0 Å². The quantitative estimate of drug-likeness (QED) is 0.892. The van der Waals surface area contributed by atoms with E-state index in [1.54, 1.807) is 0 Å². The third-order valence-corrected chi connectivity index (χ3v) is 3.17. The second kappa shape index (κ2) is 6.34. The van der Waals surface area contributed by atoms with E-state index in [4.69, 9.17) is 4.74 Å². The molecule has 1 N–H and O–H groups in total. The molecule has 0 saturated carbocycles. The lowest BCUT2D eigenvalue weighted by atomic mass is 9.98. The lowest BCUT2D eigenvalue weighted by Gasteiger charge is -2.19. The predicted molar refractivity (Wildman–Crippen MR) is 77.5 cm³/mol. The van der Waals surface area contributed by atoms with Crippen molar-refractivity contribution in [2.45, 2.75) is 19.9 Å². The molecular formula is C16H20N2O. The largest absolute Gasteiger partial charge is 0.494 e. The highest BCUT2D eigenvalue weighted by atomic mass is 16.5. The van der Waals surface area contributed by atoms with Crippen LogP contribution in [0.3, 0.4) is 0 Å². The van der Waals surface area contributed by atoms with Crippen LogP contribution in [-0.2, 0) is 0 Å². The van der Waals surface area contributed by atoms with Crippen LogP contribution in [0, 0.1) is 6.92 Å². The minimum Gasteiger partial charge on any atom is -0.494 e. The van der Waals surface area contributed by atoms with E-state index in [2.05, 4.69) is 28.5 Å². The van der Waals surface area contributed by atoms with Gasteiger partial charge >= 0.3 is 0 Å². The van der Waals surface area contributed by atoms with Crippen LogP contribution in [0.4, 0.5) is 0 Å². The zero-order chi connectivity index (χ0) is 13.7. The standard InChI is InChI=1S/C16H20N2O/c1-4-19-14-9-7-13(8-10-14)16(17-3)15-6-5-11-18-12(15)2/h5-11,16-17H,4H2,1-3H3. The van der Waals surface area contributed by atoms with E-state index in [0.29, 0.717) is 6.61 Å². The Kier molecular flexibility index (Phi) is 4.53. The second-order valence-electron chi connectivity index (χ2n) is 4.40. The molecule has 1 unspecified atom stereocenters. The van der Waals surface area contributed by atoms with Crippen LogP contribution in [0.5, 0.6) is 5.75 Å². The van der Waals surface area contributed by atoms with Gasteiger partial charge in [-0.1, -0.05) is 18.2 Å². The van der Waals surface area contributed by atoms with Crippen molar-refractivity contribution in [3.63, 3.8) is 0 Å². The zero-order valence-electron chi connectivity index (χ0n) is 11.7. The Bertz CT molecular complexity index is 523. The Balaban J connectivity index is 2.29. The Morgan fingerprint density at radius 3 is 2.53 bits per heavy atom. The molecule has 1 heterocycles. The van der Waals surface area contributed by atoms with Crippen molar-refractivity contribution in [3.8, 4) is 5.75 Å². The monoisotopic (exact) mass is 256 g/mol. The fourth-order valence-electron chi connectivity index (χ4n) is 2.23. The van der Waals surface area contributed by atoms with E-state index in [1.807, 2.05) is 45.3 Å². The van der Waals surface area contributed by atoms with E-state index in [-0.39, 0.29) is 6.04 Å². The molecule has 2 rings (SSSR count). The maximum Gasteiger partial charge on any atom is 0.119 e. The average molecular weight is 256 g/mol. The van der Waals surface area contributed by atoms with Crippen molar-refractivity contribution >= 4 is 0 Å². The highest BCUT2D eigenvalue weighted by Crippen LogP contribution is 2.25. The first-order chi connectivity index (χ1) is 9.26. The third kappa shape index (κ3) is 3.12. The summed E-state index contributed by atoms with van der Waals surface area (Å²) in [5.41, 5.74) is 3.46. The summed E-state index contributed by atoms with van der Waals surface area (Å²) in [4.78, 5) is 4.36. The predicted octanol–water partition coefficient (Wildman–Crippen LogP) is 3.10. The van der Waals surface area contributed by atoms with Gasteiger partial charge in [0.2, 0.25) is 0 Å². The molecule has 3 heteroatoms.